The van der Waals surface area contributed by atoms with Gasteiger partial charge in [-0.05, 0) is 31.0 Å². The lowest BCUT2D eigenvalue weighted by molar-refractivity contribution is 0.122. The Morgan fingerprint density at radius 1 is 1.18 bits per heavy atom. The van der Waals surface area contributed by atoms with Gasteiger partial charge in [-0.15, -0.1) is 0 Å². The second-order valence-corrected chi connectivity index (χ2v) is 6.72. The molecule has 5 rings (SSSR count). The zero-order valence-electron chi connectivity index (χ0n) is 16.2. The Hall–Kier alpha value is -2.67. The zero-order valence-corrected chi connectivity index (χ0v) is 16.2. The van der Waals surface area contributed by atoms with E-state index in [-0.39, 0.29) is 11.9 Å². The highest BCUT2D eigenvalue weighted by atomic mass is 19.1. The fourth-order valence-electron chi connectivity index (χ4n) is 3.23. The van der Waals surface area contributed by atoms with Gasteiger partial charge in [0.15, 0.2) is 11.6 Å². The SMILES string of the molecule is CC.Fc1cc2[nH]nc(-c3ccnc(N4CCOCC4)c3)c2cc1OC1CC1. The van der Waals surface area contributed by atoms with Gasteiger partial charge < -0.3 is 14.4 Å². The molecular formula is C21H25FN4O2. The van der Waals surface area contributed by atoms with Crippen molar-refractivity contribution in [3.63, 3.8) is 0 Å². The molecule has 2 aromatic heterocycles. The van der Waals surface area contributed by atoms with E-state index in [2.05, 4.69) is 20.1 Å². The maximum Gasteiger partial charge on any atom is 0.167 e. The van der Waals surface area contributed by atoms with Crippen LogP contribution in [-0.2, 0) is 4.74 Å². The van der Waals surface area contributed by atoms with Crippen LogP contribution in [0.3, 0.4) is 0 Å². The van der Waals surface area contributed by atoms with Crippen LogP contribution in [0.15, 0.2) is 30.5 Å². The van der Waals surface area contributed by atoms with Gasteiger partial charge in [0.2, 0.25) is 0 Å². The van der Waals surface area contributed by atoms with Crippen molar-refractivity contribution in [1.82, 2.24) is 15.2 Å². The molecule has 1 saturated heterocycles. The van der Waals surface area contributed by atoms with Crippen molar-refractivity contribution >= 4 is 16.7 Å². The summed E-state index contributed by atoms with van der Waals surface area (Å²) in [4.78, 5) is 6.68. The monoisotopic (exact) mass is 384 g/mol. The van der Waals surface area contributed by atoms with E-state index in [0.717, 1.165) is 48.4 Å². The first-order valence-electron chi connectivity index (χ1n) is 9.91. The number of nitrogens with one attached hydrogen (secondary N) is 1. The number of anilines is 1. The number of rotatable bonds is 4. The molecule has 28 heavy (non-hydrogen) atoms. The molecule has 0 bridgehead atoms. The molecule has 1 aromatic carbocycles. The maximum absolute atomic E-state index is 14.2. The van der Waals surface area contributed by atoms with Gasteiger partial charge in [0.1, 0.15) is 11.5 Å². The molecule has 3 aromatic rings. The van der Waals surface area contributed by atoms with E-state index in [1.807, 2.05) is 26.0 Å². The lowest BCUT2D eigenvalue weighted by Crippen LogP contribution is -2.36. The first kappa shape index (κ1) is 18.7. The smallest absolute Gasteiger partial charge is 0.167 e. The summed E-state index contributed by atoms with van der Waals surface area (Å²) < 4.78 is 25.3. The van der Waals surface area contributed by atoms with Crippen molar-refractivity contribution < 1.29 is 13.9 Å². The highest BCUT2D eigenvalue weighted by molar-refractivity contribution is 5.94. The van der Waals surface area contributed by atoms with E-state index in [4.69, 9.17) is 9.47 Å². The normalized spacial score (nSPS) is 16.6. The number of H-pyrrole nitrogens is 1. The molecule has 1 aliphatic carbocycles. The topological polar surface area (TPSA) is 63.3 Å². The molecule has 1 aliphatic heterocycles. The molecule has 2 aliphatic rings. The molecule has 0 spiro atoms. The number of ether oxygens (including phenoxy) is 2. The lowest BCUT2D eigenvalue weighted by Gasteiger charge is -2.27. The van der Waals surface area contributed by atoms with Gasteiger partial charge in [-0.3, -0.25) is 5.10 Å². The molecule has 1 saturated carbocycles. The van der Waals surface area contributed by atoms with E-state index < -0.39 is 0 Å². The van der Waals surface area contributed by atoms with E-state index in [1.165, 1.54) is 6.07 Å². The summed E-state index contributed by atoms with van der Waals surface area (Å²) >= 11 is 0. The van der Waals surface area contributed by atoms with E-state index in [1.54, 1.807) is 12.3 Å². The molecule has 7 heteroatoms. The van der Waals surface area contributed by atoms with Crippen molar-refractivity contribution in [2.45, 2.75) is 32.8 Å². The molecular weight excluding hydrogens is 359 g/mol. The quantitative estimate of drug-likeness (QED) is 0.732. The lowest BCUT2D eigenvalue weighted by atomic mass is 10.1. The van der Waals surface area contributed by atoms with E-state index in [0.29, 0.717) is 24.5 Å². The third-order valence-electron chi connectivity index (χ3n) is 4.79. The Morgan fingerprint density at radius 2 is 1.96 bits per heavy atom. The third kappa shape index (κ3) is 3.80. The highest BCUT2D eigenvalue weighted by Gasteiger charge is 2.25. The number of fused-ring (bicyclic) bond motifs is 1. The Labute approximate surface area is 163 Å². The molecule has 2 fully saturated rings. The van der Waals surface area contributed by atoms with Gasteiger partial charge in [-0.2, -0.15) is 5.10 Å². The number of aromatic amines is 1. The fraction of sp³-hybridized carbons (Fsp3) is 0.429. The summed E-state index contributed by atoms with van der Waals surface area (Å²) in [5.41, 5.74) is 2.37. The third-order valence-corrected chi connectivity index (χ3v) is 4.79. The van der Waals surface area contributed by atoms with Gasteiger partial charge in [-0.25, -0.2) is 9.37 Å². The minimum atomic E-state index is -0.358. The molecule has 6 nitrogen and oxygen atoms in total. The predicted molar refractivity (Wildman–Crippen MR) is 107 cm³/mol. The van der Waals surface area contributed by atoms with Gasteiger partial charge in [0.25, 0.3) is 0 Å². The van der Waals surface area contributed by atoms with Crippen molar-refractivity contribution in [1.29, 1.82) is 0 Å². The van der Waals surface area contributed by atoms with Crippen LogP contribution in [-0.4, -0.2) is 47.6 Å². The van der Waals surface area contributed by atoms with Crippen LogP contribution in [0.4, 0.5) is 10.2 Å². The Bertz CT molecular complexity index is 949. The zero-order chi connectivity index (χ0) is 19.5. The molecule has 0 unspecified atom stereocenters. The number of hydrogen-bond donors (Lipinski definition) is 1. The molecule has 148 valence electrons. The molecule has 0 amide bonds. The van der Waals surface area contributed by atoms with Crippen LogP contribution in [0.1, 0.15) is 26.7 Å². The van der Waals surface area contributed by atoms with E-state index >= 15 is 0 Å². The number of hydrogen-bond acceptors (Lipinski definition) is 5. The standard InChI is InChI=1S/C19H19FN4O2.C2H6/c20-15-11-16-14(10-17(15)26-13-1-2-13)19(23-22-16)12-3-4-21-18(9-12)24-5-7-25-8-6-24;1-2/h3-4,9-11,13H,1-2,5-8H2,(H,22,23);1-2H3. The molecule has 3 heterocycles. The number of nitrogens with zero attached hydrogens (tertiary/aromatic N) is 3. The first-order valence-corrected chi connectivity index (χ1v) is 9.91. The summed E-state index contributed by atoms with van der Waals surface area (Å²) in [6, 6.07) is 7.14. The minimum absolute atomic E-state index is 0.145. The van der Waals surface area contributed by atoms with Gasteiger partial charge in [0.05, 0.1) is 24.8 Å². The Balaban J connectivity index is 0.000000932. The van der Waals surface area contributed by atoms with Crippen LogP contribution < -0.4 is 9.64 Å². The highest BCUT2D eigenvalue weighted by Crippen LogP contribution is 2.35. The largest absolute Gasteiger partial charge is 0.487 e. The van der Waals surface area contributed by atoms with Crippen LogP contribution >= 0.6 is 0 Å². The van der Waals surface area contributed by atoms with Crippen molar-refractivity contribution in [3.8, 4) is 17.0 Å². The number of pyridine rings is 1. The molecule has 0 atom stereocenters. The average molecular weight is 384 g/mol. The maximum atomic E-state index is 14.2. The summed E-state index contributed by atoms with van der Waals surface area (Å²) in [6.45, 7) is 7.06. The van der Waals surface area contributed by atoms with Crippen molar-refractivity contribution in [3.05, 3.63) is 36.3 Å². The summed E-state index contributed by atoms with van der Waals surface area (Å²) in [5.74, 6) is 0.840. The second kappa shape index (κ2) is 8.14. The first-order chi connectivity index (χ1) is 13.8. The minimum Gasteiger partial charge on any atom is -0.487 e. The number of aromatic nitrogens is 3. The van der Waals surface area contributed by atoms with Crippen LogP contribution in [0, 0.1) is 5.82 Å². The summed E-state index contributed by atoms with van der Waals surface area (Å²) in [7, 11) is 0. The Morgan fingerprint density at radius 3 is 2.71 bits per heavy atom. The van der Waals surface area contributed by atoms with Gasteiger partial charge in [0, 0.05) is 36.3 Å². The van der Waals surface area contributed by atoms with Crippen molar-refractivity contribution in [2.75, 3.05) is 31.2 Å². The number of halogens is 1. The number of benzene rings is 1. The molecule has 1 N–H and O–H groups in total. The van der Waals surface area contributed by atoms with Crippen LogP contribution in [0.2, 0.25) is 0 Å². The van der Waals surface area contributed by atoms with Gasteiger partial charge >= 0.3 is 0 Å². The van der Waals surface area contributed by atoms with Crippen molar-refractivity contribution in [2.24, 2.45) is 0 Å². The second-order valence-electron chi connectivity index (χ2n) is 6.72. The predicted octanol–water partition coefficient (Wildman–Crippen LogP) is 4.17. The summed E-state index contributed by atoms with van der Waals surface area (Å²) in [6.07, 6.45) is 3.91. The van der Waals surface area contributed by atoms with E-state index in [9.17, 15) is 4.39 Å². The fourth-order valence-corrected chi connectivity index (χ4v) is 3.23. The average Bonchev–Trinajstić information content (AvgIpc) is 3.48. The van der Waals surface area contributed by atoms with Crippen LogP contribution in [0.25, 0.3) is 22.2 Å². The number of morpholine rings is 1. The van der Waals surface area contributed by atoms with Crippen LogP contribution in [0.5, 0.6) is 5.75 Å². The Kier molecular flexibility index (Phi) is 5.43. The van der Waals surface area contributed by atoms with Gasteiger partial charge in [-0.1, -0.05) is 13.8 Å². The molecule has 0 radical (unpaired) electrons. The summed E-state index contributed by atoms with van der Waals surface area (Å²) in [5, 5.41) is 8.18.